The number of nitrogens with one attached hydrogen (secondary N) is 1. The van der Waals surface area contributed by atoms with Crippen LogP contribution >= 0.6 is 0 Å². The van der Waals surface area contributed by atoms with E-state index in [-0.39, 0.29) is 0 Å². The van der Waals surface area contributed by atoms with Gasteiger partial charge < -0.3 is 9.72 Å². The van der Waals surface area contributed by atoms with Gasteiger partial charge in [0.2, 0.25) is 0 Å². The first-order valence-electron chi connectivity index (χ1n) is 5.12. The maximum atomic E-state index is 5.04. The van der Waals surface area contributed by atoms with E-state index in [2.05, 4.69) is 17.6 Å². The Balaban J connectivity index is 0.000000531. The zero-order valence-electron chi connectivity index (χ0n) is 9.50. The maximum absolute atomic E-state index is 5.04. The molecule has 2 aromatic rings. The highest BCUT2D eigenvalue weighted by molar-refractivity contribution is 5.83. The summed E-state index contributed by atoms with van der Waals surface area (Å²) in [5, 5.41) is 1.18. The first kappa shape index (κ1) is 11.4. The lowest BCUT2D eigenvalue weighted by molar-refractivity contribution is 0.370. The molecule has 80 valence electrons. The minimum absolute atomic E-state index is 0.663. The molecule has 1 aromatic heterocycles. The van der Waals surface area contributed by atoms with Crippen LogP contribution in [-0.4, -0.2) is 12.1 Å². The molecule has 0 saturated carbocycles. The smallest absolute Gasteiger partial charge is 0.135 e. The van der Waals surface area contributed by atoms with Crippen molar-refractivity contribution in [3.8, 4) is 0 Å². The summed E-state index contributed by atoms with van der Waals surface area (Å²) in [7, 11) is 1.62. The van der Waals surface area contributed by atoms with Crippen molar-refractivity contribution in [3.05, 3.63) is 42.6 Å². The highest BCUT2D eigenvalue weighted by Gasteiger charge is 2.02. The Kier molecular flexibility index (Phi) is 3.98. The third-order valence-electron chi connectivity index (χ3n) is 2.08. The van der Waals surface area contributed by atoms with Crippen molar-refractivity contribution in [2.75, 3.05) is 7.11 Å². The molecule has 0 aliphatic carbocycles. The van der Waals surface area contributed by atoms with Crippen LogP contribution in [0.4, 0.5) is 0 Å². The second-order valence-electron chi connectivity index (χ2n) is 2.90. The second kappa shape index (κ2) is 5.25. The van der Waals surface area contributed by atoms with Gasteiger partial charge in [0.05, 0.1) is 12.8 Å². The van der Waals surface area contributed by atoms with Crippen LogP contribution in [0.1, 0.15) is 19.5 Å². The highest BCUT2D eigenvalue weighted by Crippen LogP contribution is 2.19. The topological polar surface area (TPSA) is 25.0 Å². The number of aromatic nitrogens is 1. The Morgan fingerprint density at radius 3 is 2.53 bits per heavy atom. The van der Waals surface area contributed by atoms with Crippen LogP contribution < -0.4 is 0 Å². The first-order valence-corrected chi connectivity index (χ1v) is 5.12. The van der Waals surface area contributed by atoms with E-state index in [4.69, 9.17) is 4.74 Å². The lowest BCUT2D eigenvalue weighted by Crippen LogP contribution is -1.83. The van der Waals surface area contributed by atoms with E-state index in [9.17, 15) is 0 Å². The van der Waals surface area contributed by atoms with Gasteiger partial charge in [0.15, 0.2) is 0 Å². The summed E-state index contributed by atoms with van der Waals surface area (Å²) < 4.78 is 5.04. The number of ether oxygens (including phenoxy) is 1. The molecule has 1 heterocycles. The minimum Gasteiger partial charge on any atom is -0.495 e. The van der Waals surface area contributed by atoms with Crippen molar-refractivity contribution in [1.29, 1.82) is 0 Å². The van der Waals surface area contributed by atoms with Crippen LogP contribution in [0.25, 0.3) is 16.7 Å². The molecule has 1 N–H and O–H groups in total. The average Bonchev–Trinajstić information content (AvgIpc) is 2.74. The fraction of sp³-hybridized carbons (Fsp3) is 0.231. The van der Waals surface area contributed by atoms with E-state index in [0.29, 0.717) is 5.76 Å². The van der Waals surface area contributed by atoms with Crippen molar-refractivity contribution in [2.24, 2.45) is 0 Å². The van der Waals surface area contributed by atoms with Crippen LogP contribution in [-0.2, 0) is 4.74 Å². The summed E-state index contributed by atoms with van der Waals surface area (Å²) in [5.41, 5.74) is 2.04. The number of rotatable bonds is 2. The number of hydrogen-bond acceptors (Lipinski definition) is 1. The van der Waals surface area contributed by atoms with Crippen LogP contribution in [0.5, 0.6) is 0 Å². The van der Waals surface area contributed by atoms with Crippen LogP contribution in [0.2, 0.25) is 0 Å². The molecule has 1 aromatic carbocycles. The molecule has 2 nitrogen and oxygen atoms in total. The largest absolute Gasteiger partial charge is 0.495 e. The number of fused-ring (bicyclic) bond motifs is 1. The SMILES string of the molecule is C=C(OC)c1cc2ccccc2[nH]1.CC. The zero-order chi connectivity index (χ0) is 11.3. The van der Waals surface area contributed by atoms with Crippen molar-refractivity contribution < 1.29 is 4.74 Å². The number of benzene rings is 1. The molecule has 2 rings (SSSR count). The van der Waals surface area contributed by atoms with Gasteiger partial charge in [-0.25, -0.2) is 0 Å². The van der Waals surface area contributed by atoms with E-state index in [1.807, 2.05) is 38.1 Å². The van der Waals surface area contributed by atoms with Crippen molar-refractivity contribution in [1.82, 2.24) is 4.98 Å². The fourth-order valence-electron chi connectivity index (χ4n) is 1.33. The Bertz CT molecular complexity index is 409. The van der Waals surface area contributed by atoms with Crippen molar-refractivity contribution in [3.63, 3.8) is 0 Å². The zero-order valence-corrected chi connectivity index (χ0v) is 9.50. The molecule has 15 heavy (non-hydrogen) atoms. The lowest BCUT2D eigenvalue weighted by atomic mass is 10.2. The van der Waals surface area contributed by atoms with Gasteiger partial charge in [-0.1, -0.05) is 38.6 Å². The number of methoxy groups -OCH3 is 1. The standard InChI is InChI=1S/C11H11NO.C2H6/c1-8(13-2)11-7-9-5-3-4-6-10(9)12-11;1-2/h3-7,12H,1H2,2H3;1-2H3. The molecule has 0 aliphatic rings. The predicted molar refractivity (Wildman–Crippen MR) is 65.7 cm³/mol. The molecule has 0 radical (unpaired) electrons. The van der Waals surface area contributed by atoms with E-state index >= 15 is 0 Å². The Morgan fingerprint density at radius 2 is 1.93 bits per heavy atom. The molecule has 0 unspecified atom stereocenters. The molecule has 0 amide bonds. The monoisotopic (exact) mass is 203 g/mol. The number of hydrogen-bond donors (Lipinski definition) is 1. The van der Waals surface area contributed by atoms with Gasteiger partial charge in [0, 0.05) is 10.9 Å². The van der Waals surface area contributed by atoms with Crippen LogP contribution in [0.3, 0.4) is 0 Å². The third-order valence-corrected chi connectivity index (χ3v) is 2.08. The van der Waals surface area contributed by atoms with E-state index in [0.717, 1.165) is 11.2 Å². The Labute approximate surface area is 90.6 Å². The summed E-state index contributed by atoms with van der Waals surface area (Å²) in [5.74, 6) is 0.663. The molecule has 0 atom stereocenters. The first-order chi connectivity index (χ1) is 7.31. The summed E-state index contributed by atoms with van der Waals surface area (Å²) >= 11 is 0. The molecule has 0 aliphatic heterocycles. The van der Waals surface area contributed by atoms with E-state index in [1.54, 1.807) is 7.11 Å². The molecule has 0 spiro atoms. The summed E-state index contributed by atoms with van der Waals surface area (Å²) in [4.78, 5) is 3.22. The molecular weight excluding hydrogens is 186 g/mol. The predicted octanol–water partition coefficient (Wildman–Crippen LogP) is 3.81. The number of aromatic amines is 1. The molecule has 0 fully saturated rings. The van der Waals surface area contributed by atoms with Gasteiger partial charge in [0.1, 0.15) is 5.76 Å². The molecule has 0 saturated heterocycles. The molecule has 0 bridgehead atoms. The highest BCUT2D eigenvalue weighted by atomic mass is 16.5. The fourth-order valence-corrected chi connectivity index (χ4v) is 1.33. The van der Waals surface area contributed by atoms with Gasteiger partial charge in [-0.3, -0.25) is 0 Å². The van der Waals surface area contributed by atoms with Gasteiger partial charge in [-0.05, 0) is 12.1 Å². The van der Waals surface area contributed by atoms with Gasteiger partial charge in [-0.15, -0.1) is 0 Å². The van der Waals surface area contributed by atoms with Gasteiger partial charge >= 0.3 is 0 Å². The van der Waals surface area contributed by atoms with Gasteiger partial charge in [-0.2, -0.15) is 0 Å². The van der Waals surface area contributed by atoms with Crippen LogP contribution in [0.15, 0.2) is 36.9 Å². The van der Waals surface area contributed by atoms with E-state index < -0.39 is 0 Å². The second-order valence-corrected chi connectivity index (χ2v) is 2.90. The average molecular weight is 203 g/mol. The summed E-state index contributed by atoms with van der Waals surface area (Å²) in [6.07, 6.45) is 0. The maximum Gasteiger partial charge on any atom is 0.135 e. The third kappa shape index (κ3) is 2.40. The minimum atomic E-state index is 0.663. The van der Waals surface area contributed by atoms with Crippen LogP contribution in [0, 0.1) is 0 Å². The van der Waals surface area contributed by atoms with Crippen molar-refractivity contribution in [2.45, 2.75) is 13.8 Å². The summed E-state index contributed by atoms with van der Waals surface area (Å²) in [6.45, 7) is 7.79. The van der Waals surface area contributed by atoms with Gasteiger partial charge in [0.25, 0.3) is 0 Å². The van der Waals surface area contributed by atoms with E-state index in [1.165, 1.54) is 5.39 Å². The Hall–Kier alpha value is -1.70. The summed E-state index contributed by atoms with van der Waals surface area (Å²) in [6, 6.07) is 10.1. The van der Waals surface area contributed by atoms with Crippen molar-refractivity contribution >= 4 is 16.7 Å². The number of para-hydroxylation sites is 1. The molecular formula is C13H17NO. The normalized spacial score (nSPS) is 9.27. The Morgan fingerprint density at radius 1 is 1.27 bits per heavy atom. The quantitative estimate of drug-likeness (QED) is 0.737. The molecule has 2 heteroatoms. The number of H-pyrrole nitrogens is 1. The lowest BCUT2D eigenvalue weighted by Gasteiger charge is -1.98.